The Hall–Kier alpha value is -2.45. The van der Waals surface area contributed by atoms with Crippen molar-refractivity contribution in [1.29, 1.82) is 0 Å². The van der Waals surface area contributed by atoms with Gasteiger partial charge in [0.15, 0.2) is 12.4 Å². The molecule has 0 fully saturated rings. The van der Waals surface area contributed by atoms with Gasteiger partial charge in [-0.05, 0) is 36.8 Å². The molecule has 0 bridgehead atoms. The number of aromatic nitrogens is 1. The van der Waals surface area contributed by atoms with Gasteiger partial charge in [0.1, 0.15) is 12.3 Å². The number of hydrogen-bond donors (Lipinski definition) is 2. The van der Waals surface area contributed by atoms with Crippen LogP contribution in [0, 0.1) is 0 Å². The predicted octanol–water partition coefficient (Wildman–Crippen LogP) is 1.82. The SMILES string of the molecule is CN(/N=C/c1ccc[n+](CCCCS(=O)(=O)O)c1)c1ccc(O)cc1. The van der Waals surface area contributed by atoms with E-state index in [-0.39, 0.29) is 11.5 Å². The van der Waals surface area contributed by atoms with Gasteiger partial charge in [0.05, 0.1) is 23.2 Å². The Labute approximate surface area is 147 Å². The van der Waals surface area contributed by atoms with Crippen LogP contribution in [0.1, 0.15) is 18.4 Å². The molecule has 2 aromatic rings. The fourth-order valence-corrected chi connectivity index (χ4v) is 2.79. The number of benzene rings is 1. The Morgan fingerprint density at radius 1 is 1.20 bits per heavy atom. The standard InChI is InChI=1S/C17H21N3O4S/c1-19(16-6-8-17(21)9-7-16)18-13-15-5-4-11-20(14-15)10-2-3-12-25(22,23)24/h4-9,11,13-14H,2-3,10,12H2,1H3,(H-,21,22,23,24)/p+1/b18-13+. The van der Waals surface area contributed by atoms with Crippen LogP contribution in [0.3, 0.4) is 0 Å². The van der Waals surface area contributed by atoms with E-state index < -0.39 is 10.1 Å². The van der Waals surface area contributed by atoms with Gasteiger partial charge in [-0.2, -0.15) is 13.5 Å². The third kappa shape index (κ3) is 6.90. The van der Waals surface area contributed by atoms with Crippen LogP contribution >= 0.6 is 0 Å². The van der Waals surface area contributed by atoms with Crippen molar-refractivity contribution in [2.24, 2.45) is 5.10 Å². The average molecular weight is 364 g/mol. The zero-order valence-electron chi connectivity index (χ0n) is 14.0. The van der Waals surface area contributed by atoms with Crippen molar-refractivity contribution >= 4 is 22.0 Å². The van der Waals surface area contributed by atoms with E-state index >= 15 is 0 Å². The van der Waals surface area contributed by atoms with Gasteiger partial charge in [-0.25, -0.2) is 4.57 Å². The van der Waals surface area contributed by atoms with E-state index in [4.69, 9.17) is 4.55 Å². The second-order valence-electron chi connectivity index (χ2n) is 5.65. The predicted molar refractivity (Wildman–Crippen MR) is 96.4 cm³/mol. The Bertz CT molecular complexity index is 820. The van der Waals surface area contributed by atoms with E-state index in [1.807, 2.05) is 36.1 Å². The van der Waals surface area contributed by atoms with Crippen LogP contribution in [0.25, 0.3) is 0 Å². The Morgan fingerprint density at radius 2 is 1.92 bits per heavy atom. The lowest BCUT2D eigenvalue weighted by Crippen LogP contribution is -2.33. The zero-order valence-corrected chi connectivity index (χ0v) is 14.8. The topological polar surface area (TPSA) is 94.1 Å². The molecular weight excluding hydrogens is 342 g/mol. The summed E-state index contributed by atoms with van der Waals surface area (Å²) in [5, 5.41) is 15.4. The molecule has 0 saturated carbocycles. The minimum absolute atomic E-state index is 0.208. The van der Waals surface area contributed by atoms with Crippen molar-refractivity contribution in [3.05, 3.63) is 54.4 Å². The summed E-state index contributed by atoms with van der Waals surface area (Å²) < 4.78 is 32.1. The molecule has 0 aliphatic carbocycles. The second kappa shape index (κ2) is 8.59. The monoisotopic (exact) mass is 364 g/mol. The molecule has 8 heteroatoms. The summed E-state index contributed by atoms with van der Waals surface area (Å²) in [6.07, 6.45) is 6.60. The molecule has 2 N–H and O–H groups in total. The van der Waals surface area contributed by atoms with E-state index in [1.54, 1.807) is 35.5 Å². The lowest BCUT2D eigenvalue weighted by molar-refractivity contribution is -0.697. The van der Waals surface area contributed by atoms with Crippen LogP contribution in [0.5, 0.6) is 5.75 Å². The smallest absolute Gasteiger partial charge is 0.264 e. The highest BCUT2D eigenvalue weighted by Crippen LogP contribution is 2.17. The summed E-state index contributed by atoms with van der Waals surface area (Å²) in [6, 6.07) is 10.6. The van der Waals surface area contributed by atoms with Gasteiger partial charge in [-0.3, -0.25) is 9.56 Å². The number of anilines is 1. The van der Waals surface area contributed by atoms with Gasteiger partial charge in [0.2, 0.25) is 0 Å². The number of rotatable bonds is 8. The number of phenols is 1. The van der Waals surface area contributed by atoms with E-state index in [0.29, 0.717) is 19.4 Å². The highest BCUT2D eigenvalue weighted by Gasteiger charge is 2.06. The molecule has 7 nitrogen and oxygen atoms in total. The van der Waals surface area contributed by atoms with E-state index in [1.165, 1.54) is 0 Å². The molecule has 1 heterocycles. The number of hydrazone groups is 1. The highest BCUT2D eigenvalue weighted by atomic mass is 32.2. The maximum Gasteiger partial charge on any atom is 0.264 e. The van der Waals surface area contributed by atoms with Crippen molar-refractivity contribution in [3.63, 3.8) is 0 Å². The van der Waals surface area contributed by atoms with Crippen LogP contribution in [0.2, 0.25) is 0 Å². The number of aromatic hydroxyl groups is 1. The lowest BCUT2D eigenvalue weighted by Gasteiger charge is -2.12. The Kier molecular flexibility index (Phi) is 6.49. The fraction of sp³-hybridized carbons (Fsp3) is 0.294. The molecule has 0 radical (unpaired) electrons. The summed E-state index contributed by atoms with van der Waals surface area (Å²) in [6.45, 7) is 0.658. The third-order valence-corrected chi connectivity index (χ3v) is 4.36. The van der Waals surface area contributed by atoms with Crippen molar-refractivity contribution in [2.45, 2.75) is 19.4 Å². The van der Waals surface area contributed by atoms with Gasteiger partial charge in [0, 0.05) is 19.5 Å². The third-order valence-electron chi connectivity index (χ3n) is 3.55. The number of aryl methyl sites for hydroxylation is 1. The normalized spacial score (nSPS) is 11.8. The van der Waals surface area contributed by atoms with Crippen LogP contribution in [-0.4, -0.2) is 37.1 Å². The largest absolute Gasteiger partial charge is 0.508 e. The molecule has 0 saturated heterocycles. The quantitative estimate of drug-likeness (QED) is 0.245. The first-order valence-corrected chi connectivity index (χ1v) is 9.45. The van der Waals surface area contributed by atoms with Crippen molar-refractivity contribution in [1.82, 2.24) is 0 Å². The zero-order chi connectivity index (χ0) is 18.3. The average Bonchev–Trinajstić information content (AvgIpc) is 2.57. The number of hydrogen-bond acceptors (Lipinski definition) is 5. The van der Waals surface area contributed by atoms with E-state index in [2.05, 4.69) is 5.10 Å². The molecule has 0 atom stereocenters. The summed E-state index contributed by atoms with van der Waals surface area (Å²) >= 11 is 0. The van der Waals surface area contributed by atoms with Gasteiger partial charge >= 0.3 is 0 Å². The number of unbranched alkanes of at least 4 members (excludes halogenated alkanes) is 1. The first-order valence-electron chi connectivity index (χ1n) is 7.84. The molecule has 0 unspecified atom stereocenters. The molecule has 0 amide bonds. The first kappa shape index (κ1) is 18.9. The summed E-state index contributed by atoms with van der Waals surface area (Å²) in [5.74, 6) is -0.00852. The second-order valence-corrected chi connectivity index (χ2v) is 7.22. The van der Waals surface area contributed by atoms with Crippen molar-refractivity contribution in [3.8, 4) is 5.75 Å². The van der Waals surface area contributed by atoms with Crippen molar-refractivity contribution < 1.29 is 22.6 Å². The Morgan fingerprint density at radius 3 is 2.60 bits per heavy atom. The fourth-order valence-electron chi connectivity index (χ4n) is 2.22. The molecule has 0 spiro atoms. The molecule has 2 rings (SSSR count). The maximum absolute atomic E-state index is 10.7. The molecule has 134 valence electrons. The Balaban J connectivity index is 1.92. The summed E-state index contributed by atoms with van der Waals surface area (Å²) in [4.78, 5) is 0. The minimum Gasteiger partial charge on any atom is -0.508 e. The molecule has 0 aliphatic rings. The van der Waals surface area contributed by atoms with Crippen molar-refractivity contribution in [2.75, 3.05) is 17.8 Å². The lowest BCUT2D eigenvalue weighted by atomic mass is 10.3. The van der Waals surface area contributed by atoms with Gasteiger partial charge in [-0.1, -0.05) is 0 Å². The summed E-state index contributed by atoms with van der Waals surface area (Å²) in [5.41, 5.74) is 1.76. The number of pyridine rings is 1. The van der Waals surface area contributed by atoms with Crippen LogP contribution in [-0.2, 0) is 16.7 Å². The molecule has 0 aliphatic heterocycles. The first-order chi connectivity index (χ1) is 11.8. The molecular formula is C17H22N3O4S+. The van der Waals surface area contributed by atoms with Gasteiger partial charge in [0.25, 0.3) is 10.1 Å². The maximum atomic E-state index is 10.7. The number of phenolic OH excluding ortho intramolecular Hbond substituents is 1. The molecule has 25 heavy (non-hydrogen) atoms. The summed E-state index contributed by atoms with van der Waals surface area (Å²) in [7, 11) is -2.07. The van der Waals surface area contributed by atoms with Crippen LogP contribution < -0.4 is 9.58 Å². The van der Waals surface area contributed by atoms with Gasteiger partial charge < -0.3 is 5.11 Å². The van der Waals surface area contributed by atoms with E-state index in [0.717, 1.165) is 11.3 Å². The van der Waals surface area contributed by atoms with Crippen LogP contribution in [0.15, 0.2) is 53.9 Å². The van der Waals surface area contributed by atoms with Crippen LogP contribution in [0.4, 0.5) is 5.69 Å². The highest BCUT2D eigenvalue weighted by molar-refractivity contribution is 7.85. The van der Waals surface area contributed by atoms with E-state index in [9.17, 15) is 13.5 Å². The number of nitrogens with zero attached hydrogens (tertiary/aromatic N) is 3. The van der Waals surface area contributed by atoms with Gasteiger partial charge in [-0.15, -0.1) is 0 Å². The molecule has 1 aromatic heterocycles. The molecule has 1 aromatic carbocycles. The minimum atomic E-state index is -3.89.